The Bertz CT molecular complexity index is 1180. The molecule has 1 N–H and O–H groups in total. The van der Waals surface area contributed by atoms with E-state index in [4.69, 9.17) is 0 Å². The van der Waals surface area contributed by atoms with E-state index in [2.05, 4.69) is 11.1 Å². The molecule has 1 aliphatic heterocycles. The third kappa shape index (κ3) is 3.03. The Kier molecular flexibility index (Phi) is 4.85. The third-order valence-electron chi connectivity index (χ3n) is 6.81. The molecule has 7 heteroatoms. The summed E-state index contributed by atoms with van der Waals surface area (Å²) in [5, 5.41) is 2.58. The molecule has 2 fully saturated rings. The monoisotopic (exact) mass is 423 g/mol. The van der Waals surface area contributed by atoms with E-state index in [-0.39, 0.29) is 28.6 Å². The van der Waals surface area contributed by atoms with Gasteiger partial charge in [-0.25, -0.2) is 4.79 Å². The van der Waals surface area contributed by atoms with Gasteiger partial charge in [-0.05, 0) is 49.3 Å². The third-order valence-corrected chi connectivity index (χ3v) is 7.89. The molecule has 2 aliphatic rings. The van der Waals surface area contributed by atoms with Crippen molar-refractivity contribution in [1.82, 2.24) is 14.5 Å². The van der Waals surface area contributed by atoms with Crippen molar-refractivity contribution >= 4 is 28.1 Å². The van der Waals surface area contributed by atoms with Crippen molar-refractivity contribution in [2.75, 3.05) is 13.1 Å². The summed E-state index contributed by atoms with van der Waals surface area (Å²) in [6, 6.07) is 11.0. The Morgan fingerprint density at radius 3 is 2.47 bits per heavy atom. The Labute approximate surface area is 178 Å². The molecule has 1 saturated heterocycles. The van der Waals surface area contributed by atoms with Gasteiger partial charge in [0.2, 0.25) is 5.91 Å². The predicted octanol–water partition coefficient (Wildman–Crippen LogP) is 3.43. The zero-order valence-electron chi connectivity index (χ0n) is 16.8. The first-order valence-electron chi connectivity index (χ1n) is 10.7. The lowest BCUT2D eigenvalue weighted by atomic mass is 9.82. The number of carbonyl (C=O) groups excluding carboxylic acids is 1. The molecule has 0 radical (unpaired) electrons. The van der Waals surface area contributed by atoms with Crippen LogP contribution in [0.15, 0.2) is 51.4 Å². The first kappa shape index (κ1) is 19.3. The number of benzene rings is 1. The van der Waals surface area contributed by atoms with Crippen LogP contribution >= 0.6 is 11.3 Å². The van der Waals surface area contributed by atoms with Gasteiger partial charge in [-0.15, -0.1) is 11.3 Å². The summed E-state index contributed by atoms with van der Waals surface area (Å²) in [6.07, 6.45) is 5.23. The summed E-state index contributed by atoms with van der Waals surface area (Å²) < 4.78 is 1.36. The molecule has 1 amide bonds. The van der Waals surface area contributed by atoms with E-state index in [9.17, 15) is 14.4 Å². The summed E-state index contributed by atoms with van der Waals surface area (Å²) >= 11 is 1.68. The number of nitrogens with one attached hydrogen (secondary N) is 1. The smallest absolute Gasteiger partial charge is 0.329 e. The quantitative estimate of drug-likeness (QED) is 0.701. The predicted molar refractivity (Wildman–Crippen MR) is 118 cm³/mol. The van der Waals surface area contributed by atoms with Crippen LogP contribution in [0.5, 0.6) is 0 Å². The second-order valence-electron chi connectivity index (χ2n) is 8.44. The molecule has 0 bridgehead atoms. The van der Waals surface area contributed by atoms with Crippen molar-refractivity contribution in [3.8, 4) is 0 Å². The molecular weight excluding hydrogens is 398 g/mol. The highest BCUT2D eigenvalue weighted by molar-refractivity contribution is 7.10. The Morgan fingerprint density at radius 2 is 1.77 bits per heavy atom. The summed E-state index contributed by atoms with van der Waals surface area (Å²) in [5.74, 6) is 0.223. The maximum absolute atomic E-state index is 13.6. The van der Waals surface area contributed by atoms with E-state index in [1.807, 2.05) is 16.3 Å². The molecule has 0 atom stereocenters. The number of nitrogens with zero attached hydrogens (tertiary/aromatic N) is 2. The molecule has 2 aromatic heterocycles. The highest BCUT2D eigenvalue weighted by Crippen LogP contribution is 2.45. The van der Waals surface area contributed by atoms with E-state index in [1.165, 1.54) is 9.44 Å². The van der Waals surface area contributed by atoms with Gasteiger partial charge in [-0.3, -0.25) is 14.2 Å². The maximum atomic E-state index is 13.6. The first-order chi connectivity index (χ1) is 14.6. The molecule has 3 aromatic rings. The maximum Gasteiger partial charge on any atom is 0.329 e. The average molecular weight is 424 g/mol. The molecule has 1 saturated carbocycles. The highest BCUT2D eigenvalue weighted by Gasteiger charge is 2.46. The Hall–Kier alpha value is -2.67. The molecule has 1 aliphatic carbocycles. The fourth-order valence-corrected chi connectivity index (χ4v) is 6.21. The van der Waals surface area contributed by atoms with Crippen LogP contribution in [-0.4, -0.2) is 33.4 Å². The van der Waals surface area contributed by atoms with E-state index in [0.29, 0.717) is 36.8 Å². The molecule has 156 valence electrons. The number of fused-ring (bicyclic) bond motifs is 1. The lowest BCUT2D eigenvalue weighted by molar-refractivity contribution is -0.138. The van der Waals surface area contributed by atoms with Crippen LogP contribution in [0.1, 0.15) is 49.4 Å². The second kappa shape index (κ2) is 7.54. The standard InChI is InChI=1S/C23H25N3O3S/c27-20-17-6-1-2-7-18(17)24-22(29)26(20)16-9-13-25(14-10-16)21(28)23(11-3-4-12-23)19-8-5-15-30-19/h1-2,5-8,15-16H,3-4,9-14H2,(H,24,29). The van der Waals surface area contributed by atoms with E-state index >= 15 is 0 Å². The van der Waals surface area contributed by atoms with Crippen molar-refractivity contribution in [2.45, 2.75) is 50.0 Å². The molecule has 3 heterocycles. The topological polar surface area (TPSA) is 75.2 Å². The van der Waals surface area contributed by atoms with Crippen LogP contribution in [0.3, 0.4) is 0 Å². The lowest BCUT2D eigenvalue weighted by Gasteiger charge is -2.38. The Balaban J connectivity index is 1.38. The lowest BCUT2D eigenvalue weighted by Crippen LogP contribution is -2.50. The van der Waals surface area contributed by atoms with Crippen molar-refractivity contribution in [3.05, 3.63) is 67.5 Å². The summed E-state index contributed by atoms with van der Waals surface area (Å²) in [4.78, 5) is 45.1. The normalized spacial score (nSPS) is 19.4. The average Bonchev–Trinajstić information content (AvgIpc) is 3.46. The van der Waals surface area contributed by atoms with Gasteiger partial charge >= 0.3 is 5.69 Å². The van der Waals surface area contributed by atoms with Crippen LogP contribution in [0.25, 0.3) is 10.9 Å². The number of hydrogen-bond donors (Lipinski definition) is 1. The van der Waals surface area contributed by atoms with Crippen LogP contribution in [0.2, 0.25) is 0 Å². The first-order valence-corrected chi connectivity index (χ1v) is 11.5. The minimum absolute atomic E-state index is 0.184. The van der Waals surface area contributed by atoms with Gasteiger partial charge in [0.15, 0.2) is 0 Å². The highest BCUT2D eigenvalue weighted by atomic mass is 32.1. The zero-order valence-corrected chi connectivity index (χ0v) is 17.6. The zero-order chi connectivity index (χ0) is 20.7. The second-order valence-corrected chi connectivity index (χ2v) is 9.39. The van der Waals surface area contributed by atoms with Crippen LogP contribution < -0.4 is 11.2 Å². The summed E-state index contributed by atoms with van der Waals surface area (Å²) in [6.45, 7) is 1.16. The number of H-pyrrole nitrogens is 1. The van der Waals surface area contributed by atoms with Crippen LogP contribution in [0.4, 0.5) is 0 Å². The van der Waals surface area contributed by atoms with Gasteiger partial charge in [0.05, 0.1) is 16.3 Å². The van der Waals surface area contributed by atoms with Gasteiger partial charge in [0.25, 0.3) is 5.56 Å². The van der Waals surface area contributed by atoms with Crippen LogP contribution in [0, 0.1) is 0 Å². The summed E-state index contributed by atoms with van der Waals surface area (Å²) in [7, 11) is 0. The number of aromatic amines is 1. The largest absolute Gasteiger partial charge is 0.342 e. The molecule has 0 unspecified atom stereocenters. The van der Waals surface area contributed by atoms with Gasteiger partial charge in [-0.2, -0.15) is 0 Å². The number of hydrogen-bond acceptors (Lipinski definition) is 4. The molecule has 1 aromatic carbocycles. The van der Waals surface area contributed by atoms with Gasteiger partial charge in [0, 0.05) is 24.0 Å². The van der Waals surface area contributed by atoms with Crippen molar-refractivity contribution < 1.29 is 4.79 Å². The van der Waals surface area contributed by atoms with Crippen molar-refractivity contribution in [2.24, 2.45) is 0 Å². The molecular formula is C23H25N3O3S. The number of carbonyl (C=O) groups is 1. The van der Waals surface area contributed by atoms with Crippen molar-refractivity contribution in [1.29, 1.82) is 0 Å². The van der Waals surface area contributed by atoms with Gasteiger partial charge in [-0.1, -0.05) is 31.0 Å². The fraction of sp³-hybridized carbons (Fsp3) is 0.435. The number of rotatable bonds is 3. The number of para-hydroxylation sites is 1. The van der Waals surface area contributed by atoms with E-state index in [0.717, 1.165) is 25.7 Å². The van der Waals surface area contributed by atoms with Crippen molar-refractivity contribution in [3.63, 3.8) is 0 Å². The SMILES string of the molecule is O=C(N1CCC(n2c(=O)[nH]c3ccccc3c2=O)CC1)C1(c2cccs2)CCCC1. The number of likely N-dealkylation sites (tertiary alicyclic amines) is 1. The molecule has 6 nitrogen and oxygen atoms in total. The minimum Gasteiger partial charge on any atom is -0.342 e. The minimum atomic E-state index is -0.377. The van der Waals surface area contributed by atoms with E-state index in [1.54, 1.807) is 35.6 Å². The number of piperidine rings is 1. The van der Waals surface area contributed by atoms with Crippen LogP contribution in [-0.2, 0) is 10.2 Å². The fourth-order valence-electron chi connectivity index (χ4n) is 5.23. The van der Waals surface area contributed by atoms with E-state index < -0.39 is 0 Å². The molecule has 0 spiro atoms. The number of amides is 1. The number of thiophene rings is 1. The van der Waals surface area contributed by atoms with Gasteiger partial charge in [0.1, 0.15) is 0 Å². The molecule has 30 heavy (non-hydrogen) atoms. The number of aromatic nitrogens is 2. The van der Waals surface area contributed by atoms with Gasteiger partial charge < -0.3 is 9.88 Å². The summed E-state index contributed by atoms with van der Waals surface area (Å²) in [5.41, 5.74) is -0.423. The molecule has 5 rings (SSSR count). The Morgan fingerprint density at radius 1 is 1.03 bits per heavy atom.